The van der Waals surface area contributed by atoms with Crippen molar-refractivity contribution in [2.45, 2.75) is 6.42 Å². The lowest BCUT2D eigenvalue weighted by Crippen LogP contribution is -2.21. The van der Waals surface area contributed by atoms with Crippen LogP contribution in [-0.4, -0.2) is 13.1 Å². The Morgan fingerprint density at radius 3 is 2.33 bits per heavy atom. The van der Waals surface area contributed by atoms with Crippen LogP contribution in [0.5, 0.6) is 0 Å². The van der Waals surface area contributed by atoms with Crippen LogP contribution in [0.1, 0.15) is 6.42 Å². The van der Waals surface area contributed by atoms with Crippen LogP contribution in [0.4, 0.5) is 5.69 Å². The Morgan fingerprint density at radius 2 is 1.67 bits per heavy atom. The summed E-state index contributed by atoms with van der Waals surface area (Å²) in [5.74, 6) is 2.07. The molecule has 2 fully saturated rings. The highest BCUT2D eigenvalue weighted by atomic mass is 15.2. The molecule has 1 heteroatoms. The standard InChI is InChI=1S/C11H13N/c1-2-4-11(5-3-1)12-7-9-6-10(9)8-12/h1-5,9-10H,6-8H2. The van der Waals surface area contributed by atoms with Crippen LogP contribution < -0.4 is 4.90 Å². The number of anilines is 1. The number of hydrogen-bond donors (Lipinski definition) is 0. The van der Waals surface area contributed by atoms with Gasteiger partial charge in [0.2, 0.25) is 0 Å². The predicted molar refractivity (Wildman–Crippen MR) is 50.3 cm³/mol. The molecule has 2 aliphatic rings. The first-order chi connectivity index (χ1) is 5.93. The second-order valence-electron chi connectivity index (χ2n) is 4.00. The van der Waals surface area contributed by atoms with Crippen molar-refractivity contribution in [2.75, 3.05) is 18.0 Å². The topological polar surface area (TPSA) is 3.24 Å². The number of piperidine rings is 1. The quantitative estimate of drug-likeness (QED) is 0.607. The van der Waals surface area contributed by atoms with Crippen LogP contribution in [-0.2, 0) is 0 Å². The van der Waals surface area contributed by atoms with Crippen LogP contribution in [0.15, 0.2) is 30.3 Å². The minimum absolute atomic E-state index is 1.03. The maximum atomic E-state index is 2.51. The van der Waals surface area contributed by atoms with Gasteiger partial charge in [0.1, 0.15) is 0 Å². The predicted octanol–water partition coefficient (Wildman–Crippen LogP) is 2.14. The van der Waals surface area contributed by atoms with Gasteiger partial charge in [-0.05, 0) is 30.4 Å². The minimum atomic E-state index is 1.03. The van der Waals surface area contributed by atoms with Crippen LogP contribution in [0.25, 0.3) is 0 Å². The summed E-state index contributed by atoms with van der Waals surface area (Å²) in [6, 6.07) is 10.8. The summed E-state index contributed by atoms with van der Waals surface area (Å²) in [5, 5.41) is 0. The summed E-state index contributed by atoms with van der Waals surface area (Å²) >= 11 is 0. The zero-order chi connectivity index (χ0) is 7.97. The average Bonchev–Trinajstić information content (AvgIpc) is 2.75. The Balaban J connectivity index is 1.82. The van der Waals surface area contributed by atoms with E-state index in [0.29, 0.717) is 0 Å². The maximum Gasteiger partial charge on any atom is 0.0366 e. The van der Waals surface area contributed by atoms with Gasteiger partial charge >= 0.3 is 0 Å². The molecule has 1 saturated carbocycles. The molecule has 3 rings (SSSR count). The van der Waals surface area contributed by atoms with Gasteiger partial charge in [-0.3, -0.25) is 0 Å². The summed E-state index contributed by atoms with van der Waals surface area (Å²) in [4.78, 5) is 2.51. The SMILES string of the molecule is c1ccc(N2CC3CC3C2)cc1. The highest BCUT2D eigenvalue weighted by Crippen LogP contribution is 2.46. The van der Waals surface area contributed by atoms with Gasteiger partial charge in [0, 0.05) is 18.8 Å². The molecule has 0 radical (unpaired) electrons. The molecule has 1 aliphatic carbocycles. The van der Waals surface area contributed by atoms with Gasteiger partial charge in [-0.25, -0.2) is 0 Å². The summed E-state index contributed by atoms with van der Waals surface area (Å²) in [5.41, 5.74) is 1.41. The Bertz CT molecular complexity index is 270. The summed E-state index contributed by atoms with van der Waals surface area (Å²) in [7, 11) is 0. The van der Waals surface area contributed by atoms with E-state index in [1.165, 1.54) is 25.2 Å². The molecule has 0 N–H and O–H groups in total. The third kappa shape index (κ3) is 0.927. The fourth-order valence-corrected chi connectivity index (χ4v) is 2.25. The minimum Gasteiger partial charge on any atom is -0.371 e. The van der Waals surface area contributed by atoms with Crippen molar-refractivity contribution in [3.63, 3.8) is 0 Å². The van der Waals surface area contributed by atoms with Crippen molar-refractivity contribution in [3.8, 4) is 0 Å². The van der Waals surface area contributed by atoms with Gasteiger partial charge in [0.15, 0.2) is 0 Å². The molecule has 1 saturated heterocycles. The Labute approximate surface area is 73.0 Å². The van der Waals surface area contributed by atoms with Gasteiger partial charge in [-0.2, -0.15) is 0 Å². The number of rotatable bonds is 1. The highest BCUT2D eigenvalue weighted by Gasteiger charge is 2.44. The van der Waals surface area contributed by atoms with Crippen LogP contribution >= 0.6 is 0 Å². The molecular weight excluding hydrogens is 146 g/mol. The van der Waals surface area contributed by atoms with Crippen molar-refractivity contribution in [1.82, 2.24) is 0 Å². The monoisotopic (exact) mass is 159 g/mol. The molecule has 2 atom stereocenters. The lowest BCUT2D eigenvalue weighted by molar-refractivity contribution is 0.820. The van der Waals surface area contributed by atoms with E-state index in [4.69, 9.17) is 0 Å². The van der Waals surface area contributed by atoms with Crippen LogP contribution in [0.3, 0.4) is 0 Å². The van der Waals surface area contributed by atoms with Crippen molar-refractivity contribution < 1.29 is 0 Å². The Morgan fingerprint density at radius 1 is 1.00 bits per heavy atom. The zero-order valence-electron chi connectivity index (χ0n) is 7.11. The van der Waals surface area contributed by atoms with E-state index >= 15 is 0 Å². The first kappa shape index (κ1) is 6.53. The van der Waals surface area contributed by atoms with Crippen LogP contribution in [0.2, 0.25) is 0 Å². The van der Waals surface area contributed by atoms with Crippen molar-refractivity contribution >= 4 is 5.69 Å². The van der Waals surface area contributed by atoms with E-state index in [-0.39, 0.29) is 0 Å². The number of nitrogens with zero attached hydrogens (tertiary/aromatic N) is 1. The van der Waals surface area contributed by atoms with E-state index in [2.05, 4.69) is 35.2 Å². The number of hydrogen-bond acceptors (Lipinski definition) is 1. The van der Waals surface area contributed by atoms with Crippen molar-refractivity contribution in [3.05, 3.63) is 30.3 Å². The Kier molecular flexibility index (Phi) is 1.23. The normalized spacial score (nSPS) is 31.8. The molecule has 0 bridgehead atoms. The molecule has 1 nitrogen and oxygen atoms in total. The van der Waals surface area contributed by atoms with E-state index in [9.17, 15) is 0 Å². The molecule has 62 valence electrons. The largest absolute Gasteiger partial charge is 0.371 e. The lowest BCUT2D eigenvalue weighted by Gasteiger charge is -2.19. The first-order valence-corrected chi connectivity index (χ1v) is 4.73. The smallest absolute Gasteiger partial charge is 0.0366 e. The molecule has 2 unspecified atom stereocenters. The van der Waals surface area contributed by atoms with Crippen molar-refractivity contribution in [2.24, 2.45) is 11.8 Å². The maximum absolute atomic E-state index is 2.51. The molecular formula is C11H13N. The Hall–Kier alpha value is -0.980. The van der Waals surface area contributed by atoms with Crippen molar-refractivity contribution in [1.29, 1.82) is 0 Å². The van der Waals surface area contributed by atoms with Gasteiger partial charge in [-0.1, -0.05) is 18.2 Å². The summed E-state index contributed by atoms with van der Waals surface area (Å²) < 4.78 is 0. The summed E-state index contributed by atoms with van der Waals surface area (Å²) in [6.45, 7) is 2.60. The number of para-hydroxylation sites is 1. The molecule has 0 amide bonds. The number of benzene rings is 1. The molecule has 0 aromatic heterocycles. The average molecular weight is 159 g/mol. The molecule has 1 aliphatic heterocycles. The van der Waals surface area contributed by atoms with E-state index < -0.39 is 0 Å². The van der Waals surface area contributed by atoms with Gasteiger partial charge in [0.05, 0.1) is 0 Å². The third-order valence-corrected chi connectivity index (χ3v) is 3.10. The van der Waals surface area contributed by atoms with Gasteiger partial charge < -0.3 is 4.90 Å². The van der Waals surface area contributed by atoms with E-state index in [0.717, 1.165) is 11.8 Å². The van der Waals surface area contributed by atoms with Crippen LogP contribution in [0, 0.1) is 11.8 Å². The fourth-order valence-electron chi connectivity index (χ4n) is 2.25. The molecule has 12 heavy (non-hydrogen) atoms. The zero-order valence-corrected chi connectivity index (χ0v) is 7.11. The van der Waals surface area contributed by atoms with Gasteiger partial charge in [0.25, 0.3) is 0 Å². The lowest BCUT2D eigenvalue weighted by atomic mass is 10.3. The molecule has 1 heterocycles. The fraction of sp³-hybridized carbons (Fsp3) is 0.455. The third-order valence-electron chi connectivity index (χ3n) is 3.10. The van der Waals surface area contributed by atoms with E-state index in [1.54, 1.807) is 0 Å². The highest BCUT2D eigenvalue weighted by molar-refractivity contribution is 5.48. The second kappa shape index (κ2) is 2.25. The number of fused-ring (bicyclic) bond motifs is 1. The summed E-state index contributed by atoms with van der Waals surface area (Å²) in [6.07, 6.45) is 1.49. The molecule has 0 spiro atoms. The first-order valence-electron chi connectivity index (χ1n) is 4.73. The molecule has 1 aromatic rings. The second-order valence-corrected chi connectivity index (χ2v) is 4.00. The van der Waals surface area contributed by atoms with Gasteiger partial charge in [-0.15, -0.1) is 0 Å². The van der Waals surface area contributed by atoms with E-state index in [1.807, 2.05) is 0 Å². The molecule has 1 aromatic carbocycles.